The normalized spacial score (nSPS) is 10.8. The lowest BCUT2D eigenvalue weighted by atomic mass is 10.2. The van der Waals surface area contributed by atoms with Crippen LogP contribution in [0.25, 0.3) is 5.69 Å². The van der Waals surface area contributed by atoms with Crippen molar-refractivity contribution in [1.82, 2.24) is 4.57 Å². The third-order valence-electron chi connectivity index (χ3n) is 3.83. The van der Waals surface area contributed by atoms with E-state index >= 15 is 0 Å². The third kappa shape index (κ3) is 3.07. The molecule has 0 atom stereocenters. The zero-order chi connectivity index (χ0) is 16.2. The summed E-state index contributed by atoms with van der Waals surface area (Å²) in [6, 6.07) is 21.8. The molecule has 0 aliphatic carbocycles. The van der Waals surface area contributed by atoms with E-state index in [9.17, 15) is 0 Å². The van der Waals surface area contributed by atoms with Gasteiger partial charge in [-0.05, 0) is 56.3 Å². The molecule has 1 heterocycles. The molecule has 0 N–H and O–H groups in total. The fourth-order valence-corrected chi connectivity index (χ4v) is 2.66. The van der Waals surface area contributed by atoms with Crippen LogP contribution in [0.15, 0.2) is 65.7 Å². The first-order chi connectivity index (χ1) is 11.2. The van der Waals surface area contributed by atoms with E-state index in [2.05, 4.69) is 47.7 Å². The number of aromatic nitrogens is 1. The second kappa shape index (κ2) is 6.33. The Balaban J connectivity index is 1.92. The number of hydrogen-bond donors (Lipinski definition) is 0. The first-order valence-corrected chi connectivity index (χ1v) is 7.47. The van der Waals surface area contributed by atoms with Gasteiger partial charge in [0.05, 0.1) is 17.3 Å². The quantitative estimate of drug-likeness (QED) is 0.645. The van der Waals surface area contributed by atoms with Gasteiger partial charge in [0.25, 0.3) is 0 Å². The van der Waals surface area contributed by atoms with Gasteiger partial charge in [-0.25, -0.2) is 0 Å². The van der Waals surface area contributed by atoms with Crippen molar-refractivity contribution >= 4 is 11.9 Å². The number of para-hydroxylation sites is 1. The molecule has 0 aliphatic rings. The highest BCUT2D eigenvalue weighted by molar-refractivity contribution is 5.84. The Labute approximate surface area is 136 Å². The summed E-state index contributed by atoms with van der Waals surface area (Å²) in [5.41, 5.74) is 6.07. The number of aryl methyl sites for hydroxylation is 1. The van der Waals surface area contributed by atoms with Crippen LogP contribution in [-0.2, 0) is 0 Å². The van der Waals surface area contributed by atoms with Crippen LogP contribution in [0.1, 0.15) is 22.5 Å². The van der Waals surface area contributed by atoms with Crippen LogP contribution in [0.2, 0.25) is 0 Å². The van der Waals surface area contributed by atoms with Gasteiger partial charge in [-0.1, -0.05) is 18.2 Å². The Kier molecular flexibility index (Phi) is 4.07. The summed E-state index contributed by atoms with van der Waals surface area (Å²) in [5.74, 6) is 0. The fraction of sp³-hybridized carbons (Fsp3) is 0.100. The van der Waals surface area contributed by atoms with E-state index in [-0.39, 0.29) is 0 Å². The number of nitriles is 1. The minimum absolute atomic E-state index is 0.645. The van der Waals surface area contributed by atoms with Gasteiger partial charge < -0.3 is 4.57 Å². The molecule has 2 aromatic carbocycles. The molecule has 0 unspecified atom stereocenters. The second-order valence-electron chi connectivity index (χ2n) is 5.41. The van der Waals surface area contributed by atoms with Crippen LogP contribution in [0.5, 0.6) is 0 Å². The van der Waals surface area contributed by atoms with Crippen molar-refractivity contribution < 1.29 is 0 Å². The average molecular weight is 299 g/mol. The molecule has 0 aliphatic heterocycles. The molecule has 0 spiro atoms. The first-order valence-electron chi connectivity index (χ1n) is 7.47. The van der Waals surface area contributed by atoms with Crippen molar-refractivity contribution in [2.75, 3.05) is 0 Å². The van der Waals surface area contributed by atoms with E-state index < -0.39 is 0 Å². The lowest BCUT2D eigenvalue weighted by Gasteiger charge is -2.08. The van der Waals surface area contributed by atoms with Crippen LogP contribution in [0, 0.1) is 25.2 Å². The highest BCUT2D eigenvalue weighted by Crippen LogP contribution is 2.20. The molecule has 3 aromatic rings. The minimum atomic E-state index is 0.645. The van der Waals surface area contributed by atoms with Crippen molar-refractivity contribution in [1.29, 1.82) is 5.26 Å². The molecule has 0 fully saturated rings. The van der Waals surface area contributed by atoms with E-state index in [0.717, 1.165) is 22.6 Å². The Hall–Kier alpha value is -3.12. The average Bonchev–Trinajstić information content (AvgIpc) is 2.88. The van der Waals surface area contributed by atoms with Crippen LogP contribution in [0.3, 0.4) is 0 Å². The number of aliphatic imine (C=N–C) groups is 1. The number of hydrogen-bond acceptors (Lipinski definition) is 2. The Morgan fingerprint density at radius 1 is 1.00 bits per heavy atom. The standard InChI is InChI=1S/C20H17N3/c1-15-12-18(14-22-19-10-8-17(13-21)9-11-19)16(2)23(15)20-6-4-3-5-7-20/h3-12,14H,1-2H3. The molecule has 0 saturated carbocycles. The predicted molar refractivity (Wildman–Crippen MR) is 93.7 cm³/mol. The van der Waals surface area contributed by atoms with E-state index in [1.54, 1.807) is 12.1 Å². The Morgan fingerprint density at radius 2 is 1.70 bits per heavy atom. The van der Waals surface area contributed by atoms with Gasteiger partial charge in [-0.2, -0.15) is 5.26 Å². The Morgan fingerprint density at radius 3 is 2.35 bits per heavy atom. The fourth-order valence-electron chi connectivity index (χ4n) is 2.66. The summed E-state index contributed by atoms with van der Waals surface area (Å²) in [4.78, 5) is 4.51. The van der Waals surface area contributed by atoms with Crippen molar-refractivity contribution in [2.24, 2.45) is 4.99 Å². The largest absolute Gasteiger partial charge is 0.318 e. The van der Waals surface area contributed by atoms with Crippen molar-refractivity contribution in [3.8, 4) is 11.8 Å². The van der Waals surface area contributed by atoms with Crippen LogP contribution >= 0.6 is 0 Å². The van der Waals surface area contributed by atoms with E-state index in [1.165, 1.54) is 5.69 Å². The molecular weight excluding hydrogens is 282 g/mol. The summed E-state index contributed by atoms with van der Waals surface area (Å²) < 4.78 is 2.22. The van der Waals surface area contributed by atoms with E-state index in [0.29, 0.717) is 5.56 Å². The van der Waals surface area contributed by atoms with Crippen molar-refractivity contribution in [2.45, 2.75) is 13.8 Å². The summed E-state index contributed by atoms with van der Waals surface area (Å²) >= 11 is 0. The van der Waals surface area contributed by atoms with Gasteiger partial charge in [0.15, 0.2) is 0 Å². The highest BCUT2D eigenvalue weighted by atomic mass is 15.0. The molecule has 3 heteroatoms. The number of rotatable bonds is 3. The highest BCUT2D eigenvalue weighted by Gasteiger charge is 2.08. The molecule has 23 heavy (non-hydrogen) atoms. The number of nitrogens with zero attached hydrogens (tertiary/aromatic N) is 3. The van der Waals surface area contributed by atoms with E-state index in [4.69, 9.17) is 5.26 Å². The molecule has 0 radical (unpaired) electrons. The topological polar surface area (TPSA) is 41.1 Å². The second-order valence-corrected chi connectivity index (χ2v) is 5.41. The third-order valence-corrected chi connectivity index (χ3v) is 3.83. The van der Waals surface area contributed by atoms with Gasteiger partial charge in [-0.15, -0.1) is 0 Å². The van der Waals surface area contributed by atoms with Gasteiger partial charge >= 0.3 is 0 Å². The maximum absolute atomic E-state index is 8.82. The van der Waals surface area contributed by atoms with Gasteiger partial charge in [0.1, 0.15) is 0 Å². The van der Waals surface area contributed by atoms with E-state index in [1.807, 2.05) is 36.5 Å². The monoisotopic (exact) mass is 299 g/mol. The van der Waals surface area contributed by atoms with Crippen molar-refractivity contribution in [3.05, 3.63) is 83.2 Å². The molecule has 3 nitrogen and oxygen atoms in total. The smallest absolute Gasteiger partial charge is 0.0991 e. The molecule has 0 saturated heterocycles. The summed E-state index contributed by atoms with van der Waals surface area (Å²) in [6.45, 7) is 4.19. The van der Waals surface area contributed by atoms with Crippen LogP contribution in [0.4, 0.5) is 5.69 Å². The zero-order valence-electron chi connectivity index (χ0n) is 13.2. The predicted octanol–water partition coefficient (Wildman–Crippen LogP) is 4.72. The molecule has 0 bridgehead atoms. The number of benzene rings is 2. The maximum Gasteiger partial charge on any atom is 0.0991 e. The molecule has 112 valence electrons. The van der Waals surface area contributed by atoms with Gasteiger partial charge in [-0.3, -0.25) is 4.99 Å². The zero-order valence-corrected chi connectivity index (χ0v) is 13.2. The minimum Gasteiger partial charge on any atom is -0.318 e. The van der Waals surface area contributed by atoms with Crippen LogP contribution < -0.4 is 0 Å². The summed E-state index contributed by atoms with van der Waals surface area (Å²) in [5, 5.41) is 8.82. The molecule has 3 rings (SSSR count). The summed E-state index contributed by atoms with van der Waals surface area (Å²) in [7, 11) is 0. The lowest BCUT2D eigenvalue weighted by Crippen LogP contribution is -1.98. The van der Waals surface area contributed by atoms with Crippen molar-refractivity contribution in [3.63, 3.8) is 0 Å². The Bertz CT molecular complexity index is 879. The molecular formula is C20H17N3. The first kappa shape index (κ1) is 14.8. The van der Waals surface area contributed by atoms with Gasteiger partial charge in [0.2, 0.25) is 0 Å². The molecule has 1 aromatic heterocycles. The van der Waals surface area contributed by atoms with Gasteiger partial charge in [0, 0.05) is 28.9 Å². The summed E-state index contributed by atoms with van der Waals surface area (Å²) in [6.07, 6.45) is 1.88. The molecule has 0 amide bonds. The SMILES string of the molecule is Cc1cc(C=Nc2ccc(C#N)cc2)c(C)n1-c1ccccc1. The lowest BCUT2D eigenvalue weighted by molar-refractivity contribution is 0.965. The van der Waals surface area contributed by atoms with Crippen LogP contribution in [-0.4, -0.2) is 10.8 Å². The maximum atomic E-state index is 8.82.